The molecule has 1 aliphatic rings. The van der Waals surface area contributed by atoms with Gasteiger partial charge < -0.3 is 15.0 Å². The van der Waals surface area contributed by atoms with E-state index in [1.54, 1.807) is 11.8 Å². The van der Waals surface area contributed by atoms with Crippen molar-refractivity contribution in [1.82, 2.24) is 14.3 Å². The molecule has 1 saturated heterocycles. The second-order valence-electron chi connectivity index (χ2n) is 7.58. The van der Waals surface area contributed by atoms with Crippen molar-refractivity contribution in [3.8, 4) is 11.3 Å². The van der Waals surface area contributed by atoms with Gasteiger partial charge in [0.1, 0.15) is 17.2 Å². The summed E-state index contributed by atoms with van der Waals surface area (Å²) in [5, 5.41) is 3.10. The zero-order valence-electron chi connectivity index (χ0n) is 17.3. The number of nitrogens with one attached hydrogen (secondary N) is 1. The van der Waals surface area contributed by atoms with Crippen molar-refractivity contribution in [1.29, 1.82) is 0 Å². The fraction of sp³-hybridized carbons (Fsp3) is 0.348. The number of ether oxygens (including phenoxy) is 1. The quantitative estimate of drug-likeness (QED) is 0.707. The van der Waals surface area contributed by atoms with Gasteiger partial charge >= 0.3 is 6.09 Å². The molecular formula is C23H26N4O3. The molecule has 3 heterocycles. The third kappa shape index (κ3) is 4.01. The molecule has 30 heavy (non-hydrogen) atoms. The number of benzene rings is 1. The number of rotatable bonds is 4. The largest absolute Gasteiger partial charge is 0.450 e. The smallest absolute Gasteiger partial charge is 0.409 e. The summed E-state index contributed by atoms with van der Waals surface area (Å²) in [5.41, 5.74) is 3.54. The Kier molecular flexibility index (Phi) is 5.70. The summed E-state index contributed by atoms with van der Waals surface area (Å²) in [6, 6.07) is 13.8. The Morgan fingerprint density at radius 1 is 1.23 bits per heavy atom. The molecule has 1 aromatic carbocycles. The lowest BCUT2D eigenvalue weighted by atomic mass is 9.97. The van der Waals surface area contributed by atoms with E-state index in [2.05, 4.69) is 5.32 Å². The standard InChI is InChI=1S/C23H26N4O3/c1-3-30-23(29)26-12-7-10-18(15-26)22(28)25-21-20(17-8-5-4-6-9-17)24-19-14-16(2)11-13-27(19)21/h4-6,8-9,11,13-14,18H,3,7,10,12,15H2,1-2H3,(H,25,28)/t18-/m0/s1. The molecule has 7 heteroatoms. The van der Waals surface area contributed by atoms with Crippen LogP contribution >= 0.6 is 0 Å². The summed E-state index contributed by atoms with van der Waals surface area (Å²) in [4.78, 5) is 31.6. The first kappa shape index (κ1) is 19.9. The highest BCUT2D eigenvalue weighted by atomic mass is 16.6. The first-order chi connectivity index (χ1) is 14.6. The third-order valence-corrected chi connectivity index (χ3v) is 5.39. The number of carbonyl (C=O) groups is 2. The number of imidazole rings is 1. The summed E-state index contributed by atoms with van der Waals surface area (Å²) < 4.78 is 7.00. The molecule has 7 nitrogen and oxygen atoms in total. The predicted molar refractivity (Wildman–Crippen MR) is 115 cm³/mol. The molecule has 2 aromatic heterocycles. The first-order valence-corrected chi connectivity index (χ1v) is 10.3. The van der Waals surface area contributed by atoms with Crippen LogP contribution in [0, 0.1) is 12.8 Å². The van der Waals surface area contributed by atoms with Crippen LogP contribution in [-0.2, 0) is 9.53 Å². The molecule has 0 aliphatic carbocycles. The Hall–Kier alpha value is -3.35. The van der Waals surface area contributed by atoms with E-state index in [0.717, 1.165) is 35.3 Å². The van der Waals surface area contributed by atoms with Gasteiger partial charge in [0.15, 0.2) is 0 Å². The Bertz CT molecular complexity index is 1060. The van der Waals surface area contributed by atoms with E-state index in [1.165, 1.54) is 0 Å². The second kappa shape index (κ2) is 8.57. The number of piperidine rings is 1. The average Bonchev–Trinajstić information content (AvgIpc) is 3.12. The van der Waals surface area contributed by atoms with E-state index < -0.39 is 0 Å². The van der Waals surface area contributed by atoms with Crippen LogP contribution in [0.2, 0.25) is 0 Å². The number of nitrogens with zero attached hydrogens (tertiary/aromatic N) is 3. The predicted octanol–water partition coefficient (Wildman–Crippen LogP) is 4.12. The monoisotopic (exact) mass is 406 g/mol. The van der Waals surface area contributed by atoms with Gasteiger partial charge in [-0.1, -0.05) is 30.3 Å². The summed E-state index contributed by atoms with van der Waals surface area (Å²) in [5.74, 6) is 0.251. The highest BCUT2D eigenvalue weighted by molar-refractivity contribution is 5.96. The fourth-order valence-corrected chi connectivity index (χ4v) is 3.85. The van der Waals surface area contributed by atoms with Crippen LogP contribution in [0.4, 0.5) is 10.6 Å². The number of pyridine rings is 1. The van der Waals surface area contributed by atoms with Crippen LogP contribution in [0.1, 0.15) is 25.3 Å². The van der Waals surface area contributed by atoms with Gasteiger partial charge in [-0.05, 0) is 44.4 Å². The first-order valence-electron chi connectivity index (χ1n) is 10.3. The van der Waals surface area contributed by atoms with Crippen molar-refractivity contribution in [2.24, 2.45) is 5.92 Å². The molecule has 0 spiro atoms. The summed E-state index contributed by atoms with van der Waals surface area (Å²) in [7, 11) is 0. The maximum Gasteiger partial charge on any atom is 0.409 e. The molecule has 1 atom stereocenters. The van der Waals surface area contributed by atoms with E-state index >= 15 is 0 Å². The van der Waals surface area contributed by atoms with Crippen molar-refractivity contribution in [3.05, 3.63) is 54.2 Å². The number of anilines is 1. The second-order valence-corrected chi connectivity index (χ2v) is 7.58. The lowest BCUT2D eigenvalue weighted by Crippen LogP contribution is -2.44. The maximum absolute atomic E-state index is 13.2. The average molecular weight is 406 g/mol. The van der Waals surface area contributed by atoms with Gasteiger partial charge in [-0.2, -0.15) is 0 Å². The van der Waals surface area contributed by atoms with Gasteiger partial charge in [0.05, 0.1) is 12.5 Å². The van der Waals surface area contributed by atoms with Crippen LogP contribution in [0.3, 0.4) is 0 Å². The van der Waals surface area contributed by atoms with Crippen molar-refractivity contribution in [2.45, 2.75) is 26.7 Å². The maximum atomic E-state index is 13.2. The number of carbonyl (C=O) groups excluding carboxylic acids is 2. The van der Waals surface area contributed by atoms with Crippen molar-refractivity contribution >= 4 is 23.5 Å². The van der Waals surface area contributed by atoms with Gasteiger partial charge in [0, 0.05) is 24.8 Å². The van der Waals surface area contributed by atoms with Crippen LogP contribution in [0.25, 0.3) is 16.9 Å². The molecule has 0 saturated carbocycles. The molecule has 0 radical (unpaired) electrons. The number of likely N-dealkylation sites (tertiary alicyclic amines) is 1. The van der Waals surface area contributed by atoms with Gasteiger partial charge in [0.2, 0.25) is 5.91 Å². The van der Waals surface area contributed by atoms with Gasteiger partial charge in [-0.15, -0.1) is 0 Å². The number of hydrogen-bond donors (Lipinski definition) is 1. The fourth-order valence-electron chi connectivity index (χ4n) is 3.85. The minimum Gasteiger partial charge on any atom is -0.450 e. The van der Waals surface area contributed by atoms with Crippen molar-refractivity contribution < 1.29 is 14.3 Å². The molecule has 156 valence electrons. The Balaban J connectivity index is 1.63. The van der Waals surface area contributed by atoms with E-state index in [-0.39, 0.29) is 17.9 Å². The molecule has 1 N–H and O–H groups in total. The number of aromatic nitrogens is 2. The Morgan fingerprint density at radius 3 is 2.80 bits per heavy atom. The summed E-state index contributed by atoms with van der Waals surface area (Å²) in [6.45, 7) is 5.10. The van der Waals surface area contributed by atoms with Crippen LogP contribution in [0.15, 0.2) is 48.7 Å². The van der Waals surface area contributed by atoms with Gasteiger partial charge in [-0.25, -0.2) is 9.78 Å². The zero-order chi connectivity index (χ0) is 21.1. The Morgan fingerprint density at radius 2 is 2.03 bits per heavy atom. The molecule has 0 unspecified atom stereocenters. The van der Waals surface area contributed by atoms with E-state index in [0.29, 0.717) is 25.5 Å². The minimum atomic E-state index is -0.356. The molecule has 1 fully saturated rings. The zero-order valence-corrected chi connectivity index (χ0v) is 17.3. The SMILES string of the molecule is CCOC(=O)N1CCC[C@H](C(=O)Nc2c(-c3ccccc3)nc3cc(C)ccn23)C1. The molecule has 4 rings (SSSR count). The normalized spacial score (nSPS) is 16.5. The van der Waals surface area contributed by atoms with Crippen LogP contribution < -0.4 is 5.32 Å². The number of amides is 2. The highest BCUT2D eigenvalue weighted by Crippen LogP contribution is 2.30. The molecule has 3 aromatic rings. The van der Waals surface area contributed by atoms with E-state index in [4.69, 9.17) is 9.72 Å². The molecule has 1 aliphatic heterocycles. The van der Waals surface area contributed by atoms with Gasteiger partial charge in [0.25, 0.3) is 0 Å². The lowest BCUT2D eigenvalue weighted by Gasteiger charge is -2.31. The highest BCUT2D eigenvalue weighted by Gasteiger charge is 2.30. The van der Waals surface area contributed by atoms with Crippen LogP contribution in [0.5, 0.6) is 0 Å². The van der Waals surface area contributed by atoms with E-state index in [9.17, 15) is 9.59 Å². The third-order valence-electron chi connectivity index (χ3n) is 5.39. The molecular weight excluding hydrogens is 380 g/mol. The number of fused-ring (bicyclic) bond motifs is 1. The number of hydrogen-bond acceptors (Lipinski definition) is 4. The van der Waals surface area contributed by atoms with Gasteiger partial charge in [-0.3, -0.25) is 9.20 Å². The Labute approximate surface area is 175 Å². The summed E-state index contributed by atoms with van der Waals surface area (Å²) in [6.07, 6.45) is 3.07. The molecule has 2 amide bonds. The van der Waals surface area contributed by atoms with Crippen molar-refractivity contribution in [3.63, 3.8) is 0 Å². The summed E-state index contributed by atoms with van der Waals surface area (Å²) >= 11 is 0. The van der Waals surface area contributed by atoms with E-state index in [1.807, 2.05) is 60.0 Å². The van der Waals surface area contributed by atoms with Crippen molar-refractivity contribution in [2.75, 3.05) is 25.0 Å². The molecule has 0 bridgehead atoms. The van der Waals surface area contributed by atoms with Crippen LogP contribution in [-0.4, -0.2) is 46.0 Å². The minimum absolute atomic E-state index is 0.108. The lowest BCUT2D eigenvalue weighted by molar-refractivity contribution is -0.121. The number of aryl methyl sites for hydroxylation is 1. The topological polar surface area (TPSA) is 75.9 Å².